The lowest BCUT2D eigenvalue weighted by atomic mass is 10.1. The van der Waals surface area contributed by atoms with Crippen LogP contribution in [0.5, 0.6) is 11.5 Å². The van der Waals surface area contributed by atoms with Gasteiger partial charge < -0.3 is 15.5 Å². The highest BCUT2D eigenvalue weighted by molar-refractivity contribution is 5.97. The molecule has 1 aliphatic rings. The summed E-state index contributed by atoms with van der Waals surface area (Å²) in [5.74, 6) is -1.00. The number of para-hydroxylation sites is 1. The Morgan fingerprint density at radius 2 is 2.17 bits per heavy atom. The Morgan fingerprint density at radius 1 is 1.33 bits per heavy atom. The molecule has 0 radical (unpaired) electrons. The van der Waals surface area contributed by atoms with Gasteiger partial charge in [0.1, 0.15) is 0 Å². The molecule has 2 rings (SSSR count). The fourth-order valence-corrected chi connectivity index (χ4v) is 2.11. The van der Waals surface area contributed by atoms with E-state index in [-0.39, 0.29) is 23.0 Å². The monoisotopic (exact) mass is 247 g/mol. The summed E-state index contributed by atoms with van der Waals surface area (Å²) in [6.45, 7) is 0.555. The molecule has 1 aromatic rings. The van der Waals surface area contributed by atoms with Crippen molar-refractivity contribution in [3.63, 3.8) is 0 Å². The van der Waals surface area contributed by atoms with Gasteiger partial charge in [-0.25, -0.2) is 0 Å². The first-order valence-corrected chi connectivity index (χ1v) is 6.15. The molecule has 0 aliphatic heterocycles. The molecule has 0 saturated carbocycles. The van der Waals surface area contributed by atoms with Crippen molar-refractivity contribution in [1.82, 2.24) is 5.32 Å². The van der Waals surface area contributed by atoms with Gasteiger partial charge in [0, 0.05) is 6.54 Å². The lowest BCUT2D eigenvalue weighted by molar-refractivity contribution is 0.0950. The number of nitrogens with one attached hydrogen (secondary N) is 1. The Bertz CT molecular complexity index is 480. The van der Waals surface area contributed by atoms with E-state index in [4.69, 9.17) is 0 Å². The number of carbonyl (C=O) groups is 1. The molecule has 0 fully saturated rings. The van der Waals surface area contributed by atoms with Crippen molar-refractivity contribution in [3.05, 3.63) is 35.4 Å². The highest BCUT2D eigenvalue weighted by atomic mass is 16.3. The normalized spacial score (nSPS) is 14.3. The number of allylic oxidation sites excluding steroid dienone is 1. The van der Waals surface area contributed by atoms with Crippen LogP contribution in [0.2, 0.25) is 0 Å². The molecule has 4 nitrogen and oxygen atoms in total. The Morgan fingerprint density at radius 3 is 2.89 bits per heavy atom. The summed E-state index contributed by atoms with van der Waals surface area (Å²) >= 11 is 0. The van der Waals surface area contributed by atoms with Crippen molar-refractivity contribution >= 4 is 5.91 Å². The van der Waals surface area contributed by atoms with Crippen LogP contribution in [-0.2, 0) is 0 Å². The molecule has 0 aromatic heterocycles. The van der Waals surface area contributed by atoms with Crippen LogP contribution in [0.1, 0.15) is 36.0 Å². The zero-order chi connectivity index (χ0) is 13.0. The summed E-state index contributed by atoms with van der Waals surface area (Å²) in [5.41, 5.74) is 1.49. The Kier molecular flexibility index (Phi) is 3.87. The lowest BCUT2D eigenvalue weighted by Gasteiger charge is -2.08. The van der Waals surface area contributed by atoms with Gasteiger partial charge in [0.2, 0.25) is 0 Å². The maximum Gasteiger partial charge on any atom is 0.255 e. The topological polar surface area (TPSA) is 69.6 Å². The summed E-state index contributed by atoms with van der Waals surface area (Å²) in [7, 11) is 0. The molecule has 1 aromatic carbocycles. The summed E-state index contributed by atoms with van der Waals surface area (Å²) in [4.78, 5) is 11.8. The van der Waals surface area contributed by atoms with Crippen molar-refractivity contribution in [3.8, 4) is 11.5 Å². The van der Waals surface area contributed by atoms with Crippen molar-refractivity contribution in [2.45, 2.75) is 25.7 Å². The van der Waals surface area contributed by atoms with E-state index in [1.807, 2.05) is 0 Å². The number of rotatable bonds is 4. The van der Waals surface area contributed by atoms with Crippen molar-refractivity contribution < 1.29 is 15.0 Å². The van der Waals surface area contributed by atoms with Gasteiger partial charge in [0.05, 0.1) is 5.56 Å². The maximum absolute atomic E-state index is 11.8. The first-order chi connectivity index (χ1) is 8.68. The van der Waals surface area contributed by atoms with Crippen LogP contribution >= 0.6 is 0 Å². The Labute approximate surface area is 106 Å². The van der Waals surface area contributed by atoms with Crippen molar-refractivity contribution in [2.24, 2.45) is 0 Å². The quantitative estimate of drug-likeness (QED) is 0.565. The van der Waals surface area contributed by atoms with E-state index >= 15 is 0 Å². The van der Waals surface area contributed by atoms with Crippen LogP contribution < -0.4 is 5.32 Å². The molecule has 0 bridgehead atoms. The number of benzene rings is 1. The third-order valence-electron chi connectivity index (χ3n) is 3.13. The minimum atomic E-state index is -0.366. The van der Waals surface area contributed by atoms with Gasteiger partial charge >= 0.3 is 0 Å². The Hall–Kier alpha value is -1.97. The lowest BCUT2D eigenvalue weighted by Crippen LogP contribution is -2.24. The van der Waals surface area contributed by atoms with Gasteiger partial charge in [-0.05, 0) is 37.8 Å². The minimum absolute atomic E-state index is 0.107. The highest BCUT2D eigenvalue weighted by Gasteiger charge is 2.13. The Balaban J connectivity index is 1.89. The second-order valence-corrected chi connectivity index (χ2v) is 4.43. The van der Waals surface area contributed by atoms with Gasteiger partial charge in [-0.15, -0.1) is 0 Å². The number of hydrogen-bond acceptors (Lipinski definition) is 3. The van der Waals surface area contributed by atoms with E-state index in [1.165, 1.54) is 30.2 Å². The van der Waals surface area contributed by atoms with E-state index in [9.17, 15) is 15.0 Å². The van der Waals surface area contributed by atoms with Gasteiger partial charge in [-0.2, -0.15) is 0 Å². The van der Waals surface area contributed by atoms with Crippen LogP contribution in [0.25, 0.3) is 0 Å². The fourth-order valence-electron chi connectivity index (χ4n) is 2.11. The first-order valence-electron chi connectivity index (χ1n) is 6.15. The van der Waals surface area contributed by atoms with Crippen molar-refractivity contribution in [2.75, 3.05) is 6.54 Å². The second-order valence-electron chi connectivity index (χ2n) is 4.43. The molecule has 0 unspecified atom stereocenters. The van der Waals surface area contributed by atoms with Crippen LogP contribution in [0.3, 0.4) is 0 Å². The molecular weight excluding hydrogens is 230 g/mol. The summed E-state index contributed by atoms with van der Waals surface area (Å²) in [5, 5.41) is 21.6. The smallest absolute Gasteiger partial charge is 0.255 e. The largest absolute Gasteiger partial charge is 0.504 e. The van der Waals surface area contributed by atoms with Crippen LogP contribution in [0, 0.1) is 0 Å². The number of carbonyl (C=O) groups excluding carboxylic acids is 1. The zero-order valence-electron chi connectivity index (χ0n) is 10.1. The summed E-state index contributed by atoms with van der Waals surface area (Å²) < 4.78 is 0. The average molecular weight is 247 g/mol. The third kappa shape index (κ3) is 2.83. The average Bonchev–Trinajstić information content (AvgIpc) is 2.85. The van der Waals surface area contributed by atoms with E-state index in [0.717, 1.165) is 19.3 Å². The van der Waals surface area contributed by atoms with Crippen LogP contribution in [0.4, 0.5) is 0 Å². The summed E-state index contributed by atoms with van der Waals surface area (Å²) in [6, 6.07) is 4.36. The molecule has 0 heterocycles. The molecule has 0 atom stereocenters. The second kappa shape index (κ2) is 5.58. The van der Waals surface area contributed by atoms with Crippen LogP contribution in [0.15, 0.2) is 29.8 Å². The number of aromatic hydroxyl groups is 2. The fraction of sp³-hybridized carbons (Fsp3) is 0.357. The van der Waals surface area contributed by atoms with Gasteiger partial charge in [-0.3, -0.25) is 4.79 Å². The van der Waals surface area contributed by atoms with E-state index in [2.05, 4.69) is 11.4 Å². The molecule has 18 heavy (non-hydrogen) atoms. The standard InChI is InChI=1S/C14H17NO3/c16-12-7-3-6-11(13(12)17)14(18)15-9-8-10-4-1-2-5-10/h3-4,6-7,16-17H,1-2,5,8-9H2,(H,15,18). The number of hydrogen-bond donors (Lipinski definition) is 3. The van der Waals surface area contributed by atoms with E-state index in [1.54, 1.807) is 0 Å². The maximum atomic E-state index is 11.8. The molecule has 96 valence electrons. The number of amides is 1. The van der Waals surface area contributed by atoms with Crippen LogP contribution in [-0.4, -0.2) is 22.7 Å². The minimum Gasteiger partial charge on any atom is -0.504 e. The van der Waals surface area contributed by atoms with E-state index < -0.39 is 0 Å². The van der Waals surface area contributed by atoms with Crippen molar-refractivity contribution in [1.29, 1.82) is 0 Å². The predicted molar refractivity (Wildman–Crippen MR) is 68.7 cm³/mol. The molecule has 1 amide bonds. The third-order valence-corrected chi connectivity index (χ3v) is 3.13. The van der Waals surface area contributed by atoms with E-state index in [0.29, 0.717) is 6.54 Å². The molecule has 0 spiro atoms. The number of phenolic OH excluding ortho intramolecular Hbond substituents is 2. The zero-order valence-corrected chi connectivity index (χ0v) is 10.1. The molecule has 3 N–H and O–H groups in total. The molecule has 4 heteroatoms. The number of phenols is 2. The summed E-state index contributed by atoms with van der Waals surface area (Å²) in [6.07, 6.45) is 6.53. The molecular formula is C14H17NO3. The first kappa shape index (κ1) is 12.5. The van der Waals surface area contributed by atoms with Gasteiger partial charge in [0.25, 0.3) is 5.91 Å². The molecule has 1 aliphatic carbocycles. The van der Waals surface area contributed by atoms with Gasteiger partial charge in [-0.1, -0.05) is 17.7 Å². The molecule has 0 saturated heterocycles. The highest BCUT2D eigenvalue weighted by Crippen LogP contribution is 2.28. The predicted octanol–water partition coefficient (Wildman–Crippen LogP) is 2.33. The SMILES string of the molecule is O=C(NCCC1=CCCC1)c1cccc(O)c1O. The van der Waals surface area contributed by atoms with Gasteiger partial charge in [0.15, 0.2) is 11.5 Å².